The number of nitrogens with one attached hydrogen (secondary N) is 10. The van der Waals surface area contributed by atoms with E-state index < -0.39 is 113 Å². The van der Waals surface area contributed by atoms with Gasteiger partial charge in [0.25, 0.3) is 0 Å². The molecule has 0 aliphatic heterocycles. The predicted octanol–water partition coefficient (Wildman–Crippen LogP) is 3.98. The normalized spacial score (nSPS) is 14.2. The Balaban J connectivity index is 1.51. The highest BCUT2D eigenvalue weighted by atomic mass is 16.6. The fourth-order valence-electron chi connectivity index (χ4n) is 8.50. The van der Waals surface area contributed by atoms with E-state index in [9.17, 15) is 43.2 Å². The third kappa shape index (κ3) is 23.4. The van der Waals surface area contributed by atoms with E-state index in [1.54, 1.807) is 90.1 Å². The lowest BCUT2D eigenvalue weighted by Gasteiger charge is -2.31. The standard InChI is InChI=1S/C58H84N12O12/c1-11-37(6)48(54(76)67-46(29-41-31-60-34-63-41)50(72)64-42(55(77)80-10)24-18-19-25-61-56(78)82-58(7,8)9)70-53(75)47(36(4)5)69-52(74)43(26-35(2)3)65-51(73)45(28-40-30-59-33-62-40)66-49(71)44(27-38-20-14-12-15-21-38)68-57(79)81-32-39-22-16-13-17-23-39/h12-17,20-23,30-31,33-37,42-48H,11,18-19,24-29,32H2,1-10H3,(H,59,62)(H,60,63)(H,61,78)(H,64,72)(H,65,73)(H,66,71)(H,67,76)(H,68,79)(H,69,74)(H,70,75)/t37-,42-,43-,44-,45-,46-,47-,48-/m0/s1. The van der Waals surface area contributed by atoms with Crippen LogP contribution in [0.25, 0.3) is 0 Å². The molecule has 10 N–H and O–H groups in total. The molecule has 0 bridgehead atoms. The van der Waals surface area contributed by atoms with E-state index in [0.29, 0.717) is 36.2 Å². The van der Waals surface area contributed by atoms with Crippen LogP contribution in [0.1, 0.15) is 117 Å². The van der Waals surface area contributed by atoms with Crippen LogP contribution in [0.3, 0.4) is 0 Å². The molecular formula is C58H84N12O12. The van der Waals surface area contributed by atoms with Crippen molar-refractivity contribution in [1.82, 2.24) is 62.5 Å². The fraction of sp³-hybridized carbons (Fsp3) is 0.534. The number of hydrogen-bond acceptors (Lipinski definition) is 14. The summed E-state index contributed by atoms with van der Waals surface area (Å²) in [5.41, 5.74) is 1.73. The molecule has 2 heterocycles. The number of rotatable bonds is 32. The van der Waals surface area contributed by atoms with Gasteiger partial charge in [-0.2, -0.15) is 0 Å². The first kappa shape index (κ1) is 66.2. The lowest BCUT2D eigenvalue weighted by Crippen LogP contribution is -2.62. The molecule has 24 heteroatoms. The number of amides is 8. The van der Waals surface area contributed by atoms with Crippen LogP contribution in [0.5, 0.6) is 0 Å². The number of aromatic amines is 2. The fourth-order valence-corrected chi connectivity index (χ4v) is 8.50. The summed E-state index contributed by atoms with van der Waals surface area (Å²) in [6, 6.07) is 9.37. The molecule has 0 fully saturated rings. The minimum atomic E-state index is -1.31. The highest BCUT2D eigenvalue weighted by Crippen LogP contribution is 2.15. The number of imidazole rings is 2. The van der Waals surface area contributed by atoms with Crippen molar-refractivity contribution in [1.29, 1.82) is 0 Å². The average Bonchev–Trinajstić information content (AvgIpc) is 4.21. The molecule has 82 heavy (non-hydrogen) atoms. The molecular weight excluding hydrogens is 1060 g/mol. The van der Waals surface area contributed by atoms with Gasteiger partial charge < -0.3 is 66.7 Å². The summed E-state index contributed by atoms with van der Waals surface area (Å²) in [6.07, 6.45) is 5.69. The largest absolute Gasteiger partial charge is 0.467 e. The number of unbranched alkanes of at least 4 members (excludes halogenated alkanes) is 1. The number of esters is 1. The number of aromatic nitrogens is 4. The van der Waals surface area contributed by atoms with Gasteiger partial charge in [-0.05, 0) is 75.3 Å². The molecule has 0 aliphatic rings. The minimum absolute atomic E-state index is 0.0426. The monoisotopic (exact) mass is 1140 g/mol. The zero-order chi connectivity index (χ0) is 60.4. The van der Waals surface area contributed by atoms with Crippen LogP contribution >= 0.6 is 0 Å². The van der Waals surface area contributed by atoms with Gasteiger partial charge >= 0.3 is 18.2 Å². The highest BCUT2D eigenvalue weighted by molar-refractivity contribution is 5.97. The molecule has 4 rings (SSSR count). The van der Waals surface area contributed by atoms with Crippen molar-refractivity contribution in [2.24, 2.45) is 17.8 Å². The van der Waals surface area contributed by atoms with Gasteiger partial charge in [0.1, 0.15) is 54.5 Å². The molecule has 8 atom stereocenters. The van der Waals surface area contributed by atoms with Gasteiger partial charge in [-0.3, -0.25) is 28.8 Å². The highest BCUT2D eigenvalue weighted by Gasteiger charge is 2.37. The van der Waals surface area contributed by atoms with Gasteiger partial charge in [0.2, 0.25) is 35.4 Å². The summed E-state index contributed by atoms with van der Waals surface area (Å²) in [5.74, 6) is -6.27. The van der Waals surface area contributed by atoms with Crippen molar-refractivity contribution >= 4 is 53.6 Å². The first-order valence-corrected chi connectivity index (χ1v) is 27.8. The maximum atomic E-state index is 14.5. The Morgan fingerprint density at radius 2 is 1.05 bits per heavy atom. The maximum Gasteiger partial charge on any atom is 0.408 e. The number of nitrogens with zero attached hydrogens (tertiary/aromatic N) is 2. The van der Waals surface area contributed by atoms with Gasteiger partial charge in [-0.25, -0.2) is 24.4 Å². The molecule has 0 aliphatic carbocycles. The van der Waals surface area contributed by atoms with Gasteiger partial charge in [0.15, 0.2) is 0 Å². The number of carbonyl (C=O) groups is 9. The van der Waals surface area contributed by atoms with Crippen molar-refractivity contribution in [2.45, 2.75) is 168 Å². The second-order valence-corrected chi connectivity index (χ2v) is 21.9. The lowest BCUT2D eigenvalue weighted by molar-refractivity contribution is -0.145. The van der Waals surface area contributed by atoms with Gasteiger partial charge in [0, 0.05) is 49.6 Å². The van der Waals surface area contributed by atoms with E-state index in [-0.39, 0.29) is 51.2 Å². The number of carbonyl (C=O) groups excluding carboxylic acids is 9. The van der Waals surface area contributed by atoms with Crippen molar-refractivity contribution in [2.75, 3.05) is 13.7 Å². The Hall–Kier alpha value is -8.31. The van der Waals surface area contributed by atoms with Crippen LogP contribution in [-0.4, -0.2) is 135 Å². The van der Waals surface area contributed by atoms with E-state index in [2.05, 4.69) is 62.5 Å². The number of H-pyrrole nitrogens is 2. The van der Waals surface area contributed by atoms with E-state index in [4.69, 9.17) is 14.2 Å². The van der Waals surface area contributed by atoms with E-state index in [1.165, 1.54) is 32.2 Å². The Morgan fingerprint density at radius 3 is 1.55 bits per heavy atom. The topological polar surface area (TPSA) is 335 Å². The second-order valence-electron chi connectivity index (χ2n) is 21.9. The summed E-state index contributed by atoms with van der Waals surface area (Å²) in [7, 11) is 1.18. The average molecular weight is 1140 g/mol. The molecule has 4 aromatic rings. The molecule has 0 radical (unpaired) electrons. The van der Waals surface area contributed by atoms with E-state index in [0.717, 1.165) is 5.56 Å². The SMILES string of the molecule is CC[C@H](C)[C@H](NC(=O)[C@@H](NC(=O)[C@H](CC(C)C)NC(=O)[C@H](Cc1cnc[nH]1)NC(=O)[C@H](Cc1ccccc1)NC(=O)OCc1ccccc1)C(C)C)C(=O)N[C@@H](Cc1cnc[nH]1)C(=O)N[C@@H](CCCCNC(=O)OC(C)(C)C)C(=O)OC. The number of methoxy groups -OCH3 is 1. The van der Waals surface area contributed by atoms with E-state index in [1.807, 2.05) is 32.9 Å². The van der Waals surface area contributed by atoms with E-state index >= 15 is 0 Å². The summed E-state index contributed by atoms with van der Waals surface area (Å²) in [6.45, 7) is 16.1. The van der Waals surface area contributed by atoms with Crippen LogP contribution in [0, 0.1) is 17.8 Å². The Bertz CT molecular complexity index is 2650. The zero-order valence-corrected chi connectivity index (χ0v) is 48.7. The second kappa shape index (κ2) is 33.4. The third-order valence-electron chi connectivity index (χ3n) is 13.1. The number of ether oxygens (including phenoxy) is 3. The van der Waals surface area contributed by atoms with Crippen LogP contribution < -0.4 is 42.5 Å². The lowest BCUT2D eigenvalue weighted by atomic mass is 9.95. The van der Waals surface area contributed by atoms with Crippen molar-refractivity contribution in [3.63, 3.8) is 0 Å². The number of alkyl carbamates (subject to hydrolysis) is 2. The van der Waals surface area contributed by atoms with Gasteiger partial charge in [-0.15, -0.1) is 0 Å². The molecule has 0 spiro atoms. The van der Waals surface area contributed by atoms with Crippen LogP contribution in [0.4, 0.5) is 9.59 Å². The van der Waals surface area contributed by atoms with Crippen molar-refractivity contribution < 1.29 is 57.4 Å². The Morgan fingerprint density at radius 1 is 0.561 bits per heavy atom. The van der Waals surface area contributed by atoms with Crippen molar-refractivity contribution in [3.8, 4) is 0 Å². The number of hydrogen-bond donors (Lipinski definition) is 10. The Labute approximate surface area is 479 Å². The third-order valence-corrected chi connectivity index (χ3v) is 13.1. The predicted molar refractivity (Wildman–Crippen MR) is 304 cm³/mol. The summed E-state index contributed by atoms with van der Waals surface area (Å²) in [4.78, 5) is 138. The first-order chi connectivity index (χ1) is 39.0. The molecule has 2 aromatic carbocycles. The number of benzene rings is 2. The van der Waals surface area contributed by atoms with Crippen LogP contribution in [0.2, 0.25) is 0 Å². The summed E-state index contributed by atoms with van der Waals surface area (Å²) >= 11 is 0. The summed E-state index contributed by atoms with van der Waals surface area (Å²) < 4.78 is 15.7. The molecule has 448 valence electrons. The zero-order valence-electron chi connectivity index (χ0n) is 48.7. The van der Waals surface area contributed by atoms with Crippen LogP contribution in [0.15, 0.2) is 85.7 Å². The van der Waals surface area contributed by atoms with Crippen molar-refractivity contribution in [3.05, 3.63) is 108 Å². The first-order valence-electron chi connectivity index (χ1n) is 27.8. The molecule has 24 nitrogen and oxygen atoms in total. The molecule has 2 aromatic heterocycles. The van der Waals surface area contributed by atoms with Gasteiger partial charge in [-0.1, -0.05) is 109 Å². The molecule has 0 saturated carbocycles. The maximum absolute atomic E-state index is 14.5. The molecule has 0 saturated heterocycles. The minimum Gasteiger partial charge on any atom is -0.467 e. The quantitative estimate of drug-likeness (QED) is 0.0188. The smallest absolute Gasteiger partial charge is 0.408 e. The van der Waals surface area contributed by atoms with Crippen LogP contribution in [-0.2, 0) is 73.6 Å². The molecule has 8 amide bonds. The summed E-state index contributed by atoms with van der Waals surface area (Å²) in [5, 5.41) is 22.0. The molecule has 0 unspecified atom stereocenters. The van der Waals surface area contributed by atoms with Gasteiger partial charge in [0.05, 0.1) is 19.8 Å². The Kier molecular flexibility index (Phi) is 27.0.